The average Bonchev–Trinajstić information content (AvgIpc) is 2.58. The third kappa shape index (κ3) is 3.71. The lowest BCUT2D eigenvalue weighted by Crippen LogP contribution is -2.64. The van der Waals surface area contributed by atoms with Gasteiger partial charge in [-0.3, -0.25) is 0 Å². The van der Waals surface area contributed by atoms with E-state index in [4.69, 9.17) is 24.1 Å². The van der Waals surface area contributed by atoms with Crippen LogP contribution in [0, 0.1) is 0 Å². The second-order valence-electron chi connectivity index (χ2n) is 5.74. The van der Waals surface area contributed by atoms with E-state index >= 15 is 0 Å². The summed E-state index contributed by atoms with van der Waals surface area (Å²) in [6, 6.07) is 0. The molecule has 0 radical (unpaired) electrons. The molecule has 2 rings (SSSR count). The van der Waals surface area contributed by atoms with Gasteiger partial charge in [0.2, 0.25) is 0 Å². The highest BCUT2D eigenvalue weighted by Crippen LogP contribution is 2.29. The first kappa shape index (κ1) is 19.9. The van der Waals surface area contributed by atoms with Gasteiger partial charge in [-0.05, 0) is 0 Å². The molecule has 0 unspecified atom stereocenters. The molecular weight excluding hydrogens is 332 g/mol. The third-order valence-electron chi connectivity index (χ3n) is 4.19. The largest absolute Gasteiger partial charge is 0.394 e. The Kier molecular flexibility index (Phi) is 6.87. The number of methoxy groups -OCH3 is 1. The van der Waals surface area contributed by atoms with Crippen LogP contribution in [0.25, 0.3) is 0 Å². The minimum absolute atomic E-state index is 0.581. The SMILES string of the molecule is CO[C@H]1O[C@@H](CO)[C@H](O)[C@@H](O[C@H]2O[C@@H](CO)[C@H](O)[C@@H](O)[C@@H]2O)[C@@H]1O. The van der Waals surface area contributed by atoms with Crippen molar-refractivity contribution in [2.45, 2.75) is 61.4 Å². The van der Waals surface area contributed by atoms with Crippen LogP contribution in [0.15, 0.2) is 0 Å². The van der Waals surface area contributed by atoms with E-state index in [2.05, 4.69) is 0 Å². The summed E-state index contributed by atoms with van der Waals surface area (Å²) in [5.74, 6) is 0. The van der Waals surface area contributed by atoms with Crippen molar-refractivity contribution in [3.63, 3.8) is 0 Å². The predicted molar refractivity (Wildman–Crippen MR) is 73.4 cm³/mol. The van der Waals surface area contributed by atoms with Gasteiger partial charge in [-0.15, -0.1) is 0 Å². The summed E-state index contributed by atoms with van der Waals surface area (Å²) in [4.78, 5) is 0. The average molecular weight is 356 g/mol. The molecule has 2 saturated heterocycles. The van der Waals surface area contributed by atoms with Crippen LogP contribution in [0.2, 0.25) is 0 Å². The number of aliphatic hydroxyl groups is 7. The van der Waals surface area contributed by atoms with E-state index in [-0.39, 0.29) is 0 Å². The summed E-state index contributed by atoms with van der Waals surface area (Å²) in [5, 5.41) is 68.1. The monoisotopic (exact) mass is 356 g/mol. The fourth-order valence-electron chi connectivity index (χ4n) is 2.74. The molecule has 142 valence electrons. The van der Waals surface area contributed by atoms with Crippen LogP contribution >= 0.6 is 0 Å². The number of ether oxygens (including phenoxy) is 4. The maximum atomic E-state index is 10.2. The zero-order chi connectivity index (χ0) is 18.0. The Morgan fingerprint density at radius 1 is 0.708 bits per heavy atom. The lowest BCUT2D eigenvalue weighted by atomic mass is 9.97. The Bertz CT molecular complexity index is 378. The number of hydrogen-bond donors (Lipinski definition) is 7. The molecule has 0 bridgehead atoms. The van der Waals surface area contributed by atoms with Gasteiger partial charge in [-0.2, -0.15) is 0 Å². The molecule has 7 N–H and O–H groups in total. The smallest absolute Gasteiger partial charge is 0.187 e. The number of rotatable bonds is 5. The van der Waals surface area contributed by atoms with Gasteiger partial charge < -0.3 is 54.7 Å². The molecule has 2 heterocycles. The van der Waals surface area contributed by atoms with Crippen molar-refractivity contribution < 1.29 is 54.7 Å². The first-order valence-corrected chi connectivity index (χ1v) is 7.46. The van der Waals surface area contributed by atoms with Crippen molar-refractivity contribution in [2.24, 2.45) is 0 Å². The fraction of sp³-hybridized carbons (Fsp3) is 1.00. The number of aliphatic hydroxyl groups excluding tert-OH is 7. The summed E-state index contributed by atoms with van der Waals surface area (Å²) in [6.07, 6.45) is -14.4. The first-order valence-electron chi connectivity index (χ1n) is 7.46. The van der Waals surface area contributed by atoms with Crippen LogP contribution in [-0.2, 0) is 18.9 Å². The van der Waals surface area contributed by atoms with Crippen molar-refractivity contribution in [3.8, 4) is 0 Å². The summed E-state index contributed by atoms with van der Waals surface area (Å²) in [7, 11) is 1.24. The van der Waals surface area contributed by atoms with Crippen LogP contribution in [0.5, 0.6) is 0 Å². The van der Waals surface area contributed by atoms with Gasteiger partial charge in [0, 0.05) is 7.11 Å². The van der Waals surface area contributed by atoms with E-state index in [0.29, 0.717) is 0 Å². The molecule has 0 amide bonds. The molecule has 2 aliphatic rings. The van der Waals surface area contributed by atoms with Crippen molar-refractivity contribution >= 4 is 0 Å². The second-order valence-corrected chi connectivity index (χ2v) is 5.74. The topological polar surface area (TPSA) is 179 Å². The molecule has 10 atom stereocenters. The second kappa shape index (κ2) is 8.29. The summed E-state index contributed by atoms with van der Waals surface area (Å²) >= 11 is 0. The lowest BCUT2D eigenvalue weighted by Gasteiger charge is -2.45. The van der Waals surface area contributed by atoms with Crippen molar-refractivity contribution in [3.05, 3.63) is 0 Å². The highest BCUT2D eigenvalue weighted by molar-refractivity contribution is 4.93. The summed E-state index contributed by atoms with van der Waals surface area (Å²) in [6.45, 7) is -1.23. The maximum Gasteiger partial charge on any atom is 0.187 e. The normalized spacial score (nSPS) is 50.0. The molecule has 0 aromatic carbocycles. The van der Waals surface area contributed by atoms with Crippen LogP contribution in [-0.4, -0.2) is 117 Å². The minimum Gasteiger partial charge on any atom is -0.394 e. The fourth-order valence-corrected chi connectivity index (χ4v) is 2.74. The van der Waals surface area contributed by atoms with Gasteiger partial charge in [0.1, 0.15) is 48.8 Å². The van der Waals surface area contributed by atoms with E-state index in [1.165, 1.54) is 7.11 Å². The molecule has 11 nitrogen and oxygen atoms in total. The Labute approximate surface area is 137 Å². The summed E-state index contributed by atoms with van der Waals surface area (Å²) in [5.41, 5.74) is 0. The molecule has 2 aliphatic heterocycles. The van der Waals surface area contributed by atoms with Crippen molar-refractivity contribution in [1.29, 1.82) is 0 Å². The van der Waals surface area contributed by atoms with Crippen LogP contribution in [0.4, 0.5) is 0 Å². The van der Waals surface area contributed by atoms with E-state index in [0.717, 1.165) is 0 Å². The van der Waals surface area contributed by atoms with E-state index < -0.39 is 74.6 Å². The molecule has 0 aromatic rings. The van der Waals surface area contributed by atoms with Gasteiger partial charge in [0.15, 0.2) is 12.6 Å². The molecular formula is C13H24O11. The van der Waals surface area contributed by atoms with Gasteiger partial charge >= 0.3 is 0 Å². The van der Waals surface area contributed by atoms with Gasteiger partial charge in [-0.1, -0.05) is 0 Å². The minimum atomic E-state index is -1.70. The van der Waals surface area contributed by atoms with Gasteiger partial charge in [-0.25, -0.2) is 0 Å². The van der Waals surface area contributed by atoms with Crippen molar-refractivity contribution in [1.82, 2.24) is 0 Å². The predicted octanol–water partition coefficient (Wildman–Crippen LogP) is -4.74. The Balaban J connectivity index is 2.14. The number of hydrogen-bond acceptors (Lipinski definition) is 11. The van der Waals surface area contributed by atoms with Crippen molar-refractivity contribution in [2.75, 3.05) is 20.3 Å². The highest BCUT2D eigenvalue weighted by Gasteiger charge is 2.50. The zero-order valence-corrected chi connectivity index (χ0v) is 13.0. The molecule has 0 aliphatic carbocycles. The van der Waals surface area contributed by atoms with Crippen LogP contribution < -0.4 is 0 Å². The molecule has 0 saturated carbocycles. The molecule has 24 heavy (non-hydrogen) atoms. The van der Waals surface area contributed by atoms with E-state index in [1.54, 1.807) is 0 Å². The maximum absolute atomic E-state index is 10.2. The highest BCUT2D eigenvalue weighted by atomic mass is 16.7. The Morgan fingerprint density at radius 3 is 1.79 bits per heavy atom. The molecule has 0 aromatic heterocycles. The summed E-state index contributed by atoms with van der Waals surface area (Å²) < 4.78 is 20.6. The van der Waals surface area contributed by atoms with Gasteiger partial charge in [0.25, 0.3) is 0 Å². The quantitative estimate of drug-likeness (QED) is 0.251. The van der Waals surface area contributed by atoms with E-state index in [9.17, 15) is 30.6 Å². The van der Waals surface area contributed by atoms with Gasteiger partial charge in [0.05, 0.1) is 13.2 Å². The molecule has 2 fully saturated rings. The van der Waals surface area contributed by atoms with Crippen LogP contribution in [0.3, 0.4) is 0 Å². The zero-order valence-electron chi connectivity index (χ0n) is 13.0. The Hall–Kier alpha value is -0.440. The third-order valence-corrected chi connectivity index (χ3v) is 4.19. The van der Waals surface area contributed by atoms with E-state index in [1.807, 2.05) is 0 Å². The molecule has 11 heteroatoms. The standard InChI is InChI=1S/C13H24O11/c1-21-12-10(20)11(7(17)5(3-15)22-12)24-13-9(19)8(18)6(16)4(2-14)23-13/h4-20H,2-3H2,1H3/t4-,5-,6-,7-,8+,9-,10-,11+,12-,13+/m0/s1. The van der Waals surface area contributed by atoms with Crippen LogP contribution in [0.1, 0.15) is 0 Å². The Morgan fingerprint density at radius 2 is 1.25 bits per heavy atom. The molecule has 0 spiro atoms. The first-order chi connectivity index (χ1) is 11.3. The lowest BCUT2D eigenvalue weighted by molar-refractivity contribution is -0.358.